The third-order valence-corrected chi connectivity index (χ3v) is 3.26. The number of nitrogens with zero attached hydrogens (tertiary/aromatic N) is 1. The molecule has 0 unspecified atom stereocenters. The van der Waals surface area contributed by atoms with Gasteiger partial charge in [0, 0.05) is 19.6 Å². The maximum atomic E-state index is 12.1. The van der Waals surface area contributed by atoms with E-state index in [1.807, 2.05) is 6.07 Å². The topological polar surface area (TPSA) is 32.7 Å². The molecule has 0 saturated carbocycles. The molecule has 112 valence electrons. The Morgan fingerprint density at radius 3 is 2.60 bits per heavy atom. The van der Waals surface area contributed by atoms with E-state index in [9.17, 15) is 18.3 Å². The van der Waals surface area contributed by atoms with Gasteiger partial charge in [0.15, 0.2) is 6.61 Å². The van der Waals surface area contributed by atoms with Gasteiger partial charge in [0.25, 0.3) is 0 Å². The fourth-order valence-electron chi connectivity index (χ4n) is 2.23. The number of rotatable bonds is 4. The molecule has 0 aliphatic carbocycles. The van der Waals surface area contributed by atoms with Gasteiger partial charge < -0.3 is 9.84 Å². The van der Waals surface area contributed by atoms with Gasteiger partial charge in [-0.15, -0.1) is 0 Å². The van der Waals surface area contributed by atoms with Crippen LogP contribution in [0.3, 0.4) is 0 Å². The number of piperidine rings is 1. The fourth-order valence-corrected chi connectivity index (χ4v) is 2.23. The molecule has 1 fully saturated rings. The molecule has 0 amide bonds. The number of ether oxygens (including phenoxy) is 1. The van der Waals surface area contributed by atoms with E-state index in [0.29, 0.717) is 6.54 Å². The third kappa shape index (κ3) is 5.02. The van der Waals surface area contributed by atoms with Crippen molar-refractivity contribution in [1.29, 1.82) is 0 Å². The van der Waals surface area contributed by atoms with Crippen LogP contribution in [0.1, 0.15) is 18.4 Å². The van der Waals surface area contributed by atoms with E-state index >= 15 is 0 Å². The van der Waals surface area contributed by atoms with E-state index in [0.717, 1.165) is 31.5 Å². The highest BCUT2D eigenvalue weighted by atomic mass is 19.4. The lowest BCUT2D eigenvalue weighted by atomic mass is 10.1. The van der Waals surface area contributed by atoms with E-state index in [1.165, 1.54) is 6.07 Å². The van der Waals surface area contributed by atoms with Crippen molar-refractivity contribution in [3.63, 3.8) is 0 Å². The average molecular weight is 289 g/mol. The van der Waals surface area contributed by atoms with Crippen molar-refractivity contribution >= 4 is 0 Å². The molecule has 1 saturated heterocycles. The van der Waals surface area contributed by atoms with Gasteiger partial charge in [-0.05, 0) is 30.5 Å². The molecule has 6 heteroatoms. The summed E-state index contributed by atoms with van der Waals surface area (Å²) >= 11 is 0. The number of benzene rings is 1. The van der Waals surface area contributed by atoms with Crippen molar-refractivity contribution in [3.05, 3.63) is 29.8 Å². The second kappa shape index (κ2) is 6.45. The smallest absolute Gasteiger partial charge is 0.422 e. The average Bonchev–Trinajstić information content (AvgIpc) is 2.39. The highest BCUT2D eigenvalue weighted by Gasteiger charge is 2.28. The SMILES string of the molecule is OC1CCN(Cc2cccc(OCC(F)(F)F)c2)CC1. The molecule has 3 nitrogen and oxygen atoms in total. The van der Waals surface area contributed by atoms with Crippen LogP contribution in [0, 0.1) is 0 Å². The molecule has 20 heavy (non-hydrogen) atoms. The van der Waals surface area contributed by atoms with Crippen molar-refractivity contribution in [2.24, 2.45) is 0 Å². The minimum absolute atomic E-state index is 0.229. The number of hydrogen-bond donors (Lipinski definition) is 1. The Labute approximate surface area is 116 Å². The van der Waals surface area contributed by atoms with Gasteiger partial charge in [0.2, 0.25) is 0 Å². The summed E-state index contributed by atoms with van der Waals surface area (Å²) in [4.78, 5) is 2.18. The number of likely N-dealkylation sites (tertiary alicyclic amines) is 1. The minimum atomic E-state index is -4.32. The Morgan fingerprint density at radius 2 is 1.95 bits per heavy atom. The molecule has 1 aromatic carbocycles. The van der Waals surface area contributed by atoms with Crippen LogP contribution in [0.2, 0.25) is 0 Å². The number of aliphatic hydroxyl groups is 1. The van der Waals surface area contributed by atoms with Crippen LogP contribution < -0.4 is 4.74 Å². The zero-order valence-corrected chi connectivity index (χ0v) is 11.1. The normalized spacial score (nSPS) is 18.2. The van der Waals surface area contributed by atoms with Gasteiger partial charge in [-0.3, -0.25) is 4.90 Å². The van der Waals surface area contributed by atoms with Gasteiger partial charge in [-0.2, -0.15) is 13.2 Å². The summed E-state index contributed by atoms with van der Waals surface area (Å²) in [5.74, 6) is 0.233. The predicted molar refractivity (Wildman–Crippen MR) is 68.5 cm³/mol. The largest absolute Gasteiger partial charge is 0.484 e. The molecule has 1 aliphatic heterocycles. The molecule has 1 heterocycles. The lowest BCUT2D eigenvalue weighted by molar-refractivity contribution is -0.153. The Balaban J connectivity index is 1.89. The summed E-state index contributed by atoms with van der Waals surface area (Å²) in [5.41, 5.74) is 0.918. The van der Waals surface area contributed by atoms with Crippen molar-refractivity contribution in [2.75, 3.05) is 19.7 Å². The Morgan fingerprint density at radius 1 is 1.25 bits per heavy atom. The minimum Gasteiger partial charge on any atom is -0.484 e. The zero-order chi connectivity index (χ0) is 14.6. The number of aliphatic hydroxyl groups excluding tert-OH is 1. The van der Waals surface area contributed by atoms with E-state index in [2.05, 4.69) is 4.90 Å². The summed E-state index contributed by atoms with van der Waals surface area (Å²) in [7, 11) is 0. The van der Waals surface area contributed by atoms with Crippen molar-refractivity contribution in [2.45, 2.75) is 31.7 Å². The van der Waals surface area contributed by atoms with Crippen molar-refractivity contribution in [3.8, 4) is 5.75 Å². The summed E-state index contributed by atoms with van der Waals surface area (Å²) in [6, 6.07) is 6.72. The Kier molecular flexibility index (Phi) is 4.88. The monoisotopic (exact) mass is 289 g/mol. The number of halogens is 3. The lowest BCUT2D eigenvalue weighted by Gasteiger charge is -2.29. The quantitative estimate of drug-likeness (QED) is 0.924. The third-order valence-electron chi connectivity index (χ3n) is 3.26. The first-order chi connectivity index (χ1) is 9.42. The first kappa shape index (κ1) is 15.1. The number of alkyl halides is 3. The van der Waals surface area contributed by atoms with Gasteiger partial charge in [-0.25, -0.2) is 0 Å². The summed E-state index contributed by atoms with van der Waals surface area (Å²) in [6.07, 6.45) is -3.07. The van der Waals surface area contributed by atoms with Crippen molar-refractivity contribution in [1.82, 2.24) is 4.90 Å². The molecule has 0 aromatic heterocycles. The van der Waals surface area contributed by atoms with Gasteiger partial charge in [-0.1, -0.05) is 12.1 Å². The first-order valence-electron chi connectivity index (χ1n) is 6.61. The number of hydrogen-bond acceptors (Lipinski definition) is 3. The van der Waals surface area contributed by atoms with Crippen molar-refractivity contribution < 1.29 is 23.0 Å². The maximum absolute atomic E-state index is 12.1. The second-order valence-corrected chi connectivity index (χ2v) is 5.06. The second-order valence-electron chi connectivity index (χ2n) is 5.06. The Bertz CT molecular complexity index is 429. The van der Waals surface area contributed by atoms with Gasteiger partial charge >= 0.3 is 6.18 Å². The lowest BCUT2D eigenvalue weighted by Crippen LogP contribution is -2.35. The molecule has 1 aromatic rings. The molecular formula is C14H18F3NO2. The molecule has 0 spiro atoms. The first-order valence-corrected chi connectivity index (χ1v) is 6.61. The Hall–Kier alpha value is -1.27. The molecule has 2 rings (SSSR count). The van der Waals surface area contributed by atoms with Crippen LogP contribution in [-0.2, 0) is 6.54 Å². The van der Waals surface area contributed by atoms with Crippen LogP contribution >= 0.6 is 0 Å². The van der Waals surface area contributed by atoms with Crippen LogP contribution in [0.5, 0.6) is 5.75 Å². The molecule has 0 bridgehead atoms. The summed E-state index contributed by atoms with van der Waals surface area (Å²) in [6.45, 7) is 0.992. The molecule has 1 aliphatic rings. The molecule has 0 atom stereocenters. The summed E-state index contributed by atoms with van der Waals surface area (Å²) in [5, 5.41) is 9.43. The van der Waals surface area contributed by atoms with Crippen LogP contribution in [0.25, 0.3) is 0 Å². The van der Waals surface area contributed by atoms with Gasteiger partial charge in [0.1, 0.15) is 5.75 Å². The van der Waals surface area contributed by atoms with Crippen LogP contribution in [-0.4, -0.2) is 42.0 Å². The molecule has 1 N–H and O–H groups in total. The van der Waals surface area contributed by atoms with E-state index in [1.54, 1.807) is 12.1 Å². The maximum Gasteiger partial charge on any atom is 0.422 e. The highest BCUT2D eigenvalue weighted by molar-refractivity contribution is 5.28. The predicted octanol–water partition coefficient (Wildman–Crippen LogP) is 2.58. The zero-order valence-electron chi connectivity index (χ0n) is 11.1. The van der Waals surface area contributed by atoms with E-state index in [4.69, 9.17) is 4.74 Å². The summed E-state index contributed by atoms with van der Waals surface area (Å²) < 4.78 is 41.0. The van der Waals surface area contributed by atoms with Crippen LogP contribution in [0.4, 0.5) is 13.2 Å². The van der Waals surface area contributed by atoms with Gasteiger partial charge in [0.05, 0.1) is 6.10 Å². The van der Waals surface area contributed by atoms with Crippen LogP contribution in [0.15, 0.2) is 24.3 Å². The molecule has 0 radical (unpaired) electrons. The van der Waals surface area contributed by atoms with E-state index in [-0.39, 0.29) is 11.9 Å². The molecular weight excluding hydrogens is 271 g/mol. The van der Waals surface area contributed by atoms with E-state index < -0.39 is 12.8 Å². The fraction of sp³-hybridized carbons (Fsp3) is 0.571. The standard InChI is InChI=1S/C14H18F3NO2/c15-14(16,17)10-20-13-3-1-2-11(8-13)9-18-6-4-12(19)5-7-18/h1-3,8,12,19H,4-7,9-10H2. The highest BCUT2D eigenvalue weighted by Crippen LogP contribution is 2.21.